The van der Waals surface area contributed by atoms with Gasteiger partial charge >= 0.3 is 6.03 Å². The van der Waals surface area contributed by atoms with Crippen molar-refractivity contribution in [3.63, 3.8) is 0 Å². The van der Waals surface area contributed by atoms with Crippen LogP contribution in [0.25, 0.3) is 0 Å². The molecule has 0 aromatic heterocycles. The predicted molar refractivity (Wildman–Crippen MR) is 98.1 cm³/mol. The highest BCUT2D eigenvalue weighted by molar-refractivity contribution is 6.14. The second kappa shape index (κ2) is 7.25. The van der Waals surface area contributed by atoms with E-state index in [1.54, 1.807) is 19.1 Å². The highest BCUT2D eigenvalue weighted by Crippen LogP contribution is 2.26. The number of amides is 3. The number of halogens is 1. The minimum absolute atomic E-state index is 0.182. The lowest BCUT2D eigenvalue weighted by molar-refractivity contribution is -0.128. The van der Waals surface area contributed by atoms with Gasteiger partial charge in [0.15, 0.2) is 0 Å². The Hall–Kier alpha value is -2.73. The van der Waals surface area contributed by atoms with Crippen molar-refractivity contribution in [1.82, 2.24) is 9.80 Å². The number of rotatable bonds is 5. The minimum atomic E-state index is -0.538. The van der Waals surface area contributed by atoms with Crippen molar-refractivity contribution in [2.75, 3.05) is 18.6 Å². The fourth-order valence-electron chi connectivity index (χ4n) is 3.09. The Kier molecular flexibility index (Phi) is 5.04. The molecule has 0 radical (unpaired) electrons. The standard InChI is InChI=1S/C20H22FN3O2/c1-14-4-10-18(11-5-14)24-15(2)19(25)23(20(24)26)13-22(3)12-16-6-8-17(21)9-7-16/h4-11,15H,12-13H2,1-3H3/t15-/m1/s1. The van der Waals surface area contributed by atoms with E-state index < -0.39 is 6.04 Å². The normalized spacial score (nSPS) is 17.5. The van der Waals surface area contributed by atoms with E-state index in [9.17, 15) is 14.0 Å². The monoisotopic (exact) mass is 355 g/mol. The summed E-state index contributed by atoms with van der Waals surface area (Å²) in [6, 6.07) is 12.9. The first kappa shape index (κ1) is 18.1. The van der Waals surface area contributed by atoms with Gasteiger partial charge in [0.05, 0.1) is 6.67 Å². The largest absolute Gasteiger partial charge is 0.333 e. The van der Waals surface area contributed by atoms with Crippen LogP contribution in [0.5, 0.6) is 0 Å². The zero-order valence-electron chi connectivity index (χ0n) is 15.1. The minimum Gasteiger partial charge on any atom is -0.284 e. The first-order valence-electron chi connectivity index (χ1n) is 8.51. The Balaban J connectivity index is 1.71. The van der Waals surface area contributed by atoms with Crippen LogP contribution in [-0.4, -0.2) is 41.5 Å². The number of hydrogen-bond donors (Lipinski definition) is 0. The molecule has 2 aromatic rings. The molecule has 1 aliphatic heterocycles. The van der Waals surface area contributed by atoms with Crippen LogP contribution in [0, 0.1) is 12.7 Å². The maximum absolute atomic E-state index is 13.0. The average molecular weight is 355 g/mol. The number of carbonyl (C=O) groups is 2. The molecule has 6 heteroatoms. The second-order valence-electron chi connectivity index (χ2n) is 6.71. The molecule has 0 aliphatic carbocycles. The van der Waals surface area contributed by atoms with Crippen molar-refractivity contribution in [3.8, 4) is 0 Å². The zero-order valence-corrected chi connectivity index (χ0v) is 15.1. The van der Waals surface area contributed by atoms with Gasteiger partial charge in [0.25, 0.3) is 5.91 Å². The van der Waals surface area contributed by atoms with E-state index >= 15 is 0 Å². The zero-order chi connectivity index (χ0) is 18.8. The van der Waals surface area contributed by atoms with Crippen LogP contribution in [0.2, 0.25) is 0 Å². The van der Waals surface area contributed by atoms with Crippen LogP contribution < -0.4 is 4.90 Å². The van der Waals surface area contributed by atoms with Gasteiger partial charge in [-0.05, 0) is 50.7 Å². The molecule has 1 aliphatic rings. The molecule has 1 atom stereocenters. The fraction of sp³-hybridized carbons (Fsp3) is 0.300. The van der Waals surface area contributed by atoms with Crippen molar-refractivity contribution in [1.29, 1.82) is 0 Å². The van der Waals surface area contributed by atoms with E-state index in [1.807, 2.05) is 43.1 Å². The highest BCUT2D eigenvalue weighted by atomic mass is 19.1. The lowest BCUT2D eigenvalue weighted by Crippen LogP contribution is -2.40. The van der Waals surface area contributed by atoms with Gasteiger partial charge in [-0.1, -0.05) is 29.8 Å². The van der Waals surface area contributed by atoms with E-state index in [4.69, 9.17) is 0 Å². The fourth-order valence-corrected chi connectivity index (χ4v) is 3.09. The third-order valence-corrected chi connectivity index (χ3v) is 4.51. The van der Waals surface area contributed by atoms with Crippen LogP contribution in [0.1, 0.15) is 18.1 Å². The molecule has 3 rings (SSSR count). The summed E-state index contributed by atoms with van der Waals surface area (Å²) in [4.78, 5) is 30.0. The predicted octanol–water partition coefficient (Wildman–Crippen LogP) is 3.38. The molecule has 0 N–H and O–H groups in total. The summed E-state index contributed by atoms with van der Waals surface area (Å²) in [6.07, 6.45) is 0. The van der Waals surface area contributed by atoms with Crippen LogP contribution in [0.3, 0.4) is 0 Å². The molecule has 0 spiro atoms. The Labute approximate surface area is 152 Å². The SMILES string of the molecule is Cc1ccc(N2C(=O)N(CN(C)Cc3ccc(F)cc3)C(=O)[C@H]2C)cc1. The summed E-state index contributed by atoms with van der Waals surface area (Å²) in [5.74, 6) is -0.509. The van der Waals surface area contributed by atoms with Crippen LogP contribution >= 0.6 is 0 Å². The molecule has 0 unspecified atom stereocenters. The number of carbonyl (C=O) groups excluding carboxylic acids is 2. The second-order valence-corrected chi connectivity index (χ2v) is 6.71. The van der Waals surface area contributed by atoms with E-state index in [0.717, 1.165) is 11.1 Å². The summed E-state index contributed by atoms with van der Waals surface area (Å²) >= 11 is 0. The molecule has 1 heterocycles. The molecule has 2 aromatic carbocycles. The molecule has 0 saturated carbocycles. The summed E-state index contributed by atoms with van der Waals surface area (Å²) in [5, 5.41) is 0. The Morgan fingerprint density at radius 2 is 1.65 bits per heavy atom. The maximum atomic E-state index is 13.0. The molecule has 0 bridgehead atoms. The quantitative estimate of drug-likeness (QED) is 0.773. The van der Waals surface area contributed by atoms with Crippen LogP contribution in [0.15, 0.2) is 48.5 Å². The number of benzene rings is 2. The van der Waals surface area contributed by atoms with Crippen molar-refractivity contribution in [3.05, 3.63) is 65.5 Å². The van der Waals surface area contributed by atoms with Crippen molar-refractivity contribution < 1.29 is 14.0 Å². The Bertz CT molecular complexity index is 805. The van der Waals surface area contributed by atoms with Crippen molar-refractivity contribution in [2.45, 2.75) is 26.4 Å². The summed E-state index contributed by atoms with van der Waals surface area (Å²) in [7, 11) is 1.82. The molecule has 1 saturated heterocycles. The number of urea groups is 1. The van der Waals surface area contributed by atoms with Crippen molar-refractivity contribution >= 4 is 17.6 Å². The summed E-state index contributed by atoms with van der Waals surface area (Å²) in [5.41, 5.74) is 2.72. The Morgan fingerprint density at radius 1 is 1.04 bits per heavy atom. The van der Waals surface area contributed by atoms with E-state index in [1.165, 1.54) is 21.9 Å². The first-order chi connectivity index (χ1) is 12.4. The highest BCUT2D eigenvalue weighted by Gasteiger charge is 2.43. The van der Waals surface area contributed by atoms with Gasteiger partial charge in [-0.25, -0.2) is 14.1 Å². The molecular formula is C20H22FN3O2. The van der Waals surface area contributed by atoms with Crippen LogP contribution in [0.4, 0.5) is 14.9 Å². The molecule has 5 nitrogen and oxygen atoms in total. The topological polar surface area (TPSA) is 43.9 Å². The van der Waals surface area contributed by atoms with E-state index in [0.29, 0.717) is 12.2 Å². The van der Waals surface area contributed by atoms with Gasteiger partial charge in [-0.2, -0.15) is 0 Å². The number of nitrogens with zero attached hydrogens (tertiary/aromatic N) is 3. The lowest BCUT2D eigenvalue weighted by atomic mass is 10.2. The van der Waals surface area contributed by atoms with Gasteiger partial charge in [-0.3, -0.25) is 14.6 Å². The Morgan fingerprint density at radius 3 is 2.27 bits per heavy atom. The van der Waals surface area contributed by atoms with E-state index in [2.05, 4.69) is 0 Å². The van der Waals surface area contributed by atoms with Gasteiger partial charge in [0, 0.05) is 12.2 Å². The third-order valence-electron chi connectivity index (χ3n) is 4.51. The molecular weight excluding hydrogens is 333 g/mol. The van der Waals surface area contributed by atoms with Gasteiger partial charge in [0.2, 0.25) is 0 Å². The average Bonchev–Trinajstić information content (AvgIpc) is 2.82. The third kappa shape index (κ3) is 3.60. The molecule has 1 fully saturated rings. The molecule has 136 valence electrons. The number of hydrogen-bond acceptors (Lipinski definition) is 3. The van der Waals surface area contributed by atoms with E-state index in [-0.39, 0.29) is 24.4 Å². The first-order valence-corrected chi connectivity index (χ1v) is 8.51. The number of imide groups is 1. The van der Waals surface area contributed by atoms with Crippen molar-refractivity contribution in [2.24, 2.45) is 0 Å². The number of aryl methyl sites for hydroxylation is 1. The number of anilines is 1. The van der Waals surface area contributed by atoms with Crippen LogP contribution in [-0.2, 0) is 11.3 Å². The smallest absolute Gasteiger partial charge is 0.284 e. The molecule has 3 amide bonds. The summed E-state index contributed by atoms with van der Waals surface area (Å²) in [6.45, 7) is 4.40. The van der Waals surface area contributed by atoms with Gasteiger partial charge in [-0.15, -0.1) is 0 Å². The summed E-state index contributed by atoms with van der Waals surface area (Å²) < 4.78 is 13.0. The van der Waals surface area contributed by atoms with Gasteiger partial charge < -0.3 is 0 Å². The van der Waals surface area contributed by atoms with Gasteiger partial charge in [0.1, 0.15) is 11.9 Å². The molecule has 26 heavy (non-hydrogen) atoms. The maximum Gasteiger partial charge on any atom is 0.333 e. The lowest BCUT2D eigenvalue weighted by Gasteiger charge is -2.23.